The van der Waals surface area contributed by atoms with Gasteiger partial charge < -0.3 is 5.73 Å². The van der Waals surface area contributed by atoms with Crippen LogP contribution >= 0.6 is 0 Å². The molecule has 0 amide bonds. The summed E-state index contributed by atoms with van der Waals surface area (Å²) in [7, 11) is 0. The van der Waals surface area contributed by atoms with Gasteiger partial charge in [-0.3, -0.25) is 14.6 Å². The number of nitrogens with one attached hydrogen (secondary N) is 1. The van der Waals surface area contributed by atoms with Crippen molar-refractivity contribution in [3.05, 3.63) is 51.7 Å². The zero-order valence-corrected chi connectivity index (χ0v) is 8.83. The van der Waals surface area contributed by atoms with Gasteiger partial charge in [0.15, 0.2) is 0 Å². The average molecular weight is 221 g/mol. The van der Waals surface area contributed by atoms with Gasteiger partial charge in [-0.15, -0.1) is 0 Å². The van der Waals surface area contributed by atoms with Gasteiger partial charge in [-0.1, -0.05) is 0 Å². The van der Waals surface area contributed by atoms with Crippen LogP contribution in [-0.4, -0.2) is 9.78 Å². The summed E-state index contributed by atoms with van der Waals surface area (Å²) in [4.78, 5) is 11.5. The smallest absolute Gasteiger partial charge is 0.269 e. The summed E-state index contributed by atoms with van der Waals surface area (Å²) in [6, 6.07) is 5.88. The minimum absolute atomic E-state index is 0.190. The lowest BCUT2D eigenvalue weighted by Crippen LogP contribution is -2.10. The van der Waals surface area contributed by atoms with Crippen LogP contribution in [0, 0.1) is 12.7 Å². The minimum atomic E-state index is -0.310. The van der Waals surface area contributed by atoms with Crippen molar-refractivity contribution in [3.63, 3.8) is 0 Å². The molecule has 0 aliphatic heterocycles. The molecule has 0 atom stereocenters. The van der Waals surface area contributed by atoms with Gasteiger partial charge in [0, 0.05) is 12.2 Å². The summed E-state index contributed by atoms with van der Waals surface area (Å²) in [5, 5.41) is 2.66. The molecular formula is C11H12FN3O. The van der Waals surface area contributed by atoms with E-state index < -0.39 is 0 Å². The Morgan fingerprint density at radius 2 is 2.00 bits per heavy atom. The van der Waals surface area contributed by atoms with Crippen LogP contribution in [-0.2, 0) is 6.54 Å². The van der Waals surface area contributed by atoms with Crippen LogP contribution in [0.3, 0.4) is 0 Å². The maximum Gasteiger partial charge on any atom is 0.269 e. The predicted octanol–water partition coefficient (Wildman–Crippen LogP) is 1.07. The predicted molar refractivity (Wildman–Crippen MR) is 59.0 cm³/mol. The van der Waals surface area contributed by atoms with Crippen molar-refractivity contribution in [2.24, 2.45) is 5.73 Å². The summed E-state index contributed by atoms with van der Waals surface area (Å²) in [5.74, 6) is -0.310. The molecule has 2 rings (SSSR count). The molecule has 2 aromatic rings. The molecule has 5 heteroatoms. The Bertz CT molecular complexity index is 554. The second-order valence-corrected chi connectivity index (χ2v) is 3.52. The second-order valence-electron chi connectivity index (χ2n) is 3.52. The van der Waals surface area contributed by atoms with Gasteiger partial charge in [0.1, 0.15) is 5.82 Å². The minimum Gasteiger partial charge on any atom is -0.326 e. The van der Waals surface area contributed by atoms with E-state index in [0.29, 0.717) is 11.3 Å². The average Bonchev–Trinajstić information content (AvgIpc) is 2.55. The number of H-pyrrole nitrogens is 1. The van der Waals surface area contributed by atoms with Crippen LogP contribution in [0.25, 0.3) is 5.69 Å². The number of hydrogen-bond acceptors (Lipinski definition) is 2. The normalized spacial score (nSPS) is 10.7. The van der Waals surface area contributed by atoms with Crippen LogP contribution in [0.5, 0.6) is 0 Å². The lowest BCUT2D eigenvalue weighted by Gasteiger charge is -2.05. The SMILES string of the molecule is Cc1c(CN)c(=O)[nH]n1-c1ccc(F)cc1. The molecule has 4 nitrogen and oxygen atoms in total. The molecule has 84 valence electrons. The van der Waals surface area contributed by atoms with Crippen LogP contribution < -0.4 is 11.3 Å². The van der Waals surface area contributed by atoms with Crippen LogP contribution in [0.4, 0.5) is 4.39 Å². The van der Waals surface area contributed by atoms with Gasteiger partial charge in [-0.05, 0) is 31.2 Å². The molecule has 1 aromatic heterocycles. The molecule has 0 saturated heterocycles. The van der Waals surface area contributed by atoms with Crippen molar-refractivity contribution in [3.8, 4) is 5.69 Å². The van der Waals surface area contributed by atoms with E-state index in [2.05, 4.69) is 5.10 Å². The Morgan fingerprint density at radius 1 is 1.38 bits per heavy atom. The van der Waals surface area contributed by atoms with Crippen molar-refractivity contribution in [2.75, 3.05) is 0 Å². The summed E-state index contributed by atoms with van der Waals surface area (Å²) in [6.45, 7) is 1.98. The van der Waals surface area contributed by atoms with Crippen molar-refractivity contribution in [2.45, 2.75) is 13.5 Å². The molecule has 3 N–H and O–H groups in total. The molecule has 0 spiro atoms. The number of hydrogen-bond donors (Lipinski definition) is 2. The number of nitrogens with two attached hydrogens (primary N) is 1. The van der Waals surface area contributed by atoms with Gasteiger partial charge in [-0.25, -0.2) is 4.39 Å². The number of nitrogens with zero attached hydrogens (tertiary/aromatic N) is 1. The summed E-state index contributed by atoms with van der Waals surface area (Å²) < 4.78 is 14.4. The second kappa shape index (κ2) is 3.94. The molecule has 0 aliphatic carbocycles. The maximum absolute atomic E-state index is 12.8. The van der Waals surface area contributed by atoms with E-state index in [4.69, 9.17) is 5.73 Å². The maximum atomic E-state index is 12.8. The van der Waals surface area contributed by atoms with Crippen molar-refractivity contribution in [1.82, 2.24) is 9.78 Å². The summed E-state index contributed by atoms with van der Waals surface area (Å²) in [5.41, 5.74) is 7.27. The fraction of sp³-hybridized carbons (Fsp3) is 0.182. The Labute approximate surface area is 91.5 Å². The highest BCUT2D eigenvalue weighted by Gasteiger charge is 2.10. The lowest BCUT2D eigenvalue weighted by molar-refractivity contribution is 0.627. The number of rotatable bonds is 2. The van der Waals surface area contributed by atoms with Crippen LogP contribution in [0.1, 0.15) is 11.3 Å². The van der Waals surface area contributed by atoms with E-state index in [1.54, 1.807) is 23.7 Å². The fourth-order valence-corrected chi connectivity index (χ4v) is 1.64. The zero-order valence-electron chi connectivity index (χ0n) is 8.83. The van der Waals surface area contributed by atoms with E-state index in [1.807, 2.05) is 0 Å². The number of halogens is 1. The highest BCUT2D eigenvalue weighted by Crippen LogP contribution is 2.11. The topological polar surface area (TPSA) is 63.8 Å². The molecule has 1 heterocycles. The molecule has 0 fully saturated rings. The van der Waals surface area contributed by atoms with Gasteiger partial charge in [0.05, 0.1) is 11.3 Å². The third kappa shape index (κ3) is 1.65. The first-order chi connectivity index (χ1) is 7.63. The fourth-order valence-electron chi connectivity index (χ4n) is 1.64. The molecule has 0 aliphatic rings. The Morgan fingerprint density at radius 3 is 2.50 bits per heavy atom. The first kappa shape index (κ1) is 10.6. The Hall–Kier alpha value is -1.88. The third-order valence-electron chi connectivity index (χ3n) is 2.55. The van der Waals surface area contributed by atoms with E-state index >= 15 is 0 Å². The standard InChI is InChI=1S/C11H12FN3O/c1-7-10(6-13)11(16)14-15(7)9-4-2-8(12)3-5-9/h2-5H,6,13H2,1H3,(H,14,16). The molecule has 16 heavy (non-hydrogen) atoms. The highest BCUT2D eigenvalue weighted by atomic mass is 19.1. The molecule has 0 bridgehead atoms. The zero-order chi connectivity index (χ0) is 11.7. The summed E-state index contributed by atoms with van der Waals surface area (Å²) >= 11 is 0. The largest absolute Gasteiger partial charge is 0.326 e. The molecule has 0 saturated carbocycles. The quantitative estimate of drug-likeness (QED) is 0.796. The number of aromatic amines is 1. The van der Waals surface area contributed by atoms with E-state index in [9.17, 15) is 9.18 Å². The van der Waals surface area contributed by atoms with Crippen LogP contribution in [0.15, 0.2) is 29.1 Å². The molecule has 0 unspecified atom stereocenters. The van der Waals surface area contributed by atoms with Gasteiger partial charge >= 0.3 is 0 Å². The van der Waals surface area contributed by atoms with Gasteiger partial charge in [0.2, 0.25) is 0 Å². The first-order valence-corrected chi connectivity index (χ1v) is 4.90. The monoisotopic (exact) mass is 221 g/mol. The third-order valence-corrected chi connectivity index (χ3v) is 2.55. The van der Waals surface area contributed by atoms with Gasteiger partial charge in [0.25, 0.3) is 5.56 Å². The van der Waals surface area contributed by atoms with Gasteiger partial charge in [-0.2, -0.15) is 0 Å². The summed E-state index contributed by atoms with van der Waals surface area (Å²) in [6.07, 6.45) is 0. The highest BCUT2D eigenvalue weighted by molar-refractivity contribution is 5.34. The Balaban J connectivity index is 2.56. The van der Waals surface area contributed by atoms with E-state index in [-0.39, 0.29) is 17.9 Å². The number of benzene rings is 1. The van der Waals surface area contributed by atoms with Crippen LogP contribution in [0.2, 0.25) is 0 Å². The number of aromatic nitrogens is 2. The van der Waals surface area contributed by atoms with E-state index in [1.165, 1.54) is 12.1 Å². The van der Waals surface area contributed by atoms with Crippen molar-refractivity contribution < 1.29 is 4.39 Å². The van der Waals surface area contributed by atoms with Crippen molar-refractivity contribution >= 4 is 0 Å². The molecular weight excluding hydrogens is 209 g/mol. The lowest BCUT2D eigenvalue weighted by atomic mass is 10.2. The molecule has 1 aromatic carbocycles. The molecule has 0 radical (unpaired) electrons. The first-order valence-electron chi connectivity index (χ1n) is 4.90. The Kier molecular flexibility index (Phi) is 2.62. The van der Waals surface area contributed by atoms with Crippen molar-refractivity contribution in [1.29, 1.82) is 0 Å². The van der Waals surface area contributed by atoms with E-state index in [0.717, 1.165) is 5.69 Å².